The second-order valence-electron chi connectivity index (χ2n) is 3.68. The van der Waals surface area contributed by atoms with E-state index in [1.807, 2.05) is 30.3 Å². The number of hydrogen-bond acceptors (Lipinski definition) is 3. The van der Waals surface area contributed by atoms with E-state index in [0.29, 0.717) is 19.0 Å². The Hall–Kier alpha value is -2.04. The van der Waals surface area contributed by atoms with E-state index in [2.05, 4.69) is 5.10 Å². The zero-order chi connectivity index (χ0) is 12.3. The van der Waals surface area contributed by atoms with Crippen LogP contribution in [0.5, 0.6) is 0 Å². The van der Waals surface area contributed by atoms with Crippen LogP contribution in [0.3, 0.4) is 0 Å². The van der Waals surface area contributed by atoms with Crippen LogP contribution < -0.4 is 0 Å². The van der Waals surface area contributed by atoms with Crippen molar-refractivity contribution in [2.24, 2.45) is 7.05 Å². The summed E-state index contributed by atoms with van der Waals surface area (Å²) in [7, 11) is 1.79. The van der Waals surface area contributed by atoms with E-state index in [4.69, 9.17) is 4.74 Å². The van der Waals surface area contributed by atoms with Gasteiger partial charge in [0.05, 0.1) is 13.2 Å². The Kier molecular flexibility index (Phi) is 3.27. The predicted octanol–water partition coefficient (Wildman–Crippen LogP) is 1.45. The van der Waals surface area contributed by atoms with Gasteiger partial charge in [-0.25, -0.2) is 9.48 Å². The summed E-state index contributed by atoms with van der Waals surface area (Å²) >= 11 is 0. The highest BCUT2D eigenvalue weighted by Crippen LogP contribution is 2.05. The van der Waals surface area contributed by atoms with Crippen LogP contribution in [0.25, 0.3) is 0 Å². The molecule has 0 aliphatic rings. The van der Waals surface area contributed by atoms with Crippen molar-refractivity contribution in [2.45, 2.75) is 13.5 Å². The molecule has 5 heteroatoms. The molecule has 2 rings (SSSR count). The number of rotatable bonds is 4. The molecule has 5 nitrogen and oxygen atoms in total. The molecule has 17 heavy (non-hydrogen) atoms. The largest absolute Gasteiger partial charge is 0.460 e. The molecule has 0 aliphatic carbocycles. The first-order valence-electron chi connectivity index (χ1n) is 5.53. The van der Waals surface area contributed by atoms with Gasteiger partial charge in [0.1, 0.15) is 0 Å². The van der Waals surface area contributed by atoms with Crippen LogP contribution in [-0.4, -0.2) is 27.2 Å². The third-order valence-corrected chi connectivity index (χ3v) is 2.49. The Morgan fingerprint density at radius 1 is 1.35 bits per heavy atom. The highest BCUT2D eigenvalue weighted by molar-refractivity contribution is 5.85. The molecule has 0 atom stereocenters. The fourth-order valence-corrected chi connectivity index (χ4v) is 1.57. The highest BCUT2D eigenvalue weighted by Gasteiger charge is 2.18. The van der Waals surface area contributed by atoms with Gasteiger partial charge in [-0.3, -0.25) is 0 Å². The minimum absolute atomic E-state index is 0.350. The first-order chi connectivity index (χ1) is 8.22. The van der Waals surface area contributed by atoms with Crippen LogP contribution in [0.4, 0.5) is 0 Å². The molecule has 0 spiro atoms. The van der Waals surface area contributed by atoms with Gasteiger partial charge < -0.3 is 4.74 Å². The van der Waals surface area contributed by atoms with E-state index in [1.54, 1.807) is 23.4 Å². The van der Waals surface area contributed by atoms with Gasteiger partial charge in [0.25, 0.3) is 5.82 Å². The third-order valence-electron chi connectivity index (χ3n) is 2.49. The first kappa shape index (κ1) is 11.4. The molecule has 0 saturated heterocycles. The summed E-state index contributed by atoms with van der Waals surface area (Å²) in [5.74, 6) is -0.0258. The first-order valence-corrected chi connectivity index (χ1v) is 5.53. The number of nitrogens with zero attached hydrogens (tertiary/aromatic N) is 3. The molecule has 0 N–H and O–H groups in total. The van der Waals surface area contributed by atoms with E-state index in [1.165, 1.54) is 0 Å². The summed E-state index contributed by atoms with van der Waals surface area (Å²) in [6.07, 6.45) is 0. The Labute approximate surface area is 99.6 Å². The fraction of sp³-hybridized carbons (Fsp3) is 0.333. The molecule has 2 aromatic rings. The molecule has 0 fully saturated rings. The maximum atomic E-state index is 11.4. The molecular weight excluding hydrogens is 218 g/mol. The molecule has 0 saturated carbocycles. The molecule has 1 aromatic carbocycles. The average molecular weight is 233 g/mol. The van der Waals surface area contributed by atoms with Gasteiger partial charge in [0.2, 0.25) is 0 Å². The lowest BCUT2D eigenvalue weighted by atomic mass is 10.2. The standard InChI is InChI=1S/C12H15N3O2/c1-3-17-12(16)11-13-15(14(11)2)9-10-7-5-4-6-8-10/h4-8H,3,9H2,1-2H3. The lowest BCUT2D eigenvalue weighted by molar-refractivity contribution is 0.0476. The number of ether oxygens (including phenoxy) is 1. The average Bonchev–Trinajstić information content (AvgIpc) is 2.35. The number of benzene rings is 1. The number of carbonyl (C=O) groups excluding carboxylic acids is 1. The SMILES string of the molecule is CCOC(=O)c1nn(Cc2ccccc2)n1C. The van der Waals surface area contributed by atoms with Crippen molar-refractivity contribution in [1.82, 2.24) is 14.6 Å². The van der Waals surface area contributed by atoms with Crippen LogP contribution in [0.1, 0.15) is 23.1 Å². The second-order valence-corrected chi connectivity index (χ2v) is 3.68. The Balaban J connectivity index is 2.06. The van der Waals surface area contributed by atoms with Gasteiger partial charge in [-0.05, 0) is 12.5 Å². The zero-order valence-electron chi connectivity index (χ0n) is 9.96. The maximum absolute atomic E-state index is 11.4. The monoisotopic (exact) mass is 233 g/mol. The normalized spacial score (nSPS) is 10.5. The minimum Gasteiger partial charge on any atom is -0.460 e. The van der Waals surface area contributed by atoms with Gasteiger partial charge in [-0.15, -0.1) is 5.10 Å². The summed E-state index contributed by atoms with van der Waals surface area (Å²) in [5, 5.41) is 4.12. The smallest absolute Gasteiger partial charge is 0.377 e. The van der Waals surface area contributed by atoms with Crippen LogP contribution in [0.15, 0.2) is 30.3 Å². The van der Waals surface area contributed by atoms with Crippen molar-refractivity contribution >= 4 is 5.97 Å². The van der Waals surface area contributed by atoms with Gasteiger partial charge in [0, 0.05) is 7.05 Å². The van der Waals surface area contributed by atoms with Crippen molar-refractivity contribution in [3.8, 4) is 0 Å². The van der Waals surface area contributed by atoms with Gasteiger partial charge >= 0.3 is 5.97 Å². The molecule has 0 amide bonds. The van der Waals surface area contributed by atoms with E-state index in [9.17, 15) is 4.79 Å². The van der Waals surface area contributed by atoms with Gasteiger partial charge in [0.15, 0.2) is 0 Å². The van der Waals surface area contributed by atoms with E-state index in [-0.39, 0.29) is 5.97 Å². The summed E-state index contributed by atoms with van der Waals surface area (Å²) < 4.78 is 6.58. The molecule has 0 aliphatic heterocycles. The Bertz CT molecular complexity index is 499. The summed E-state index contributed by atoms with van der Waals surface area (Å²) in [5.41, 5.74) is 1.14. The van der Waals surface area contributed by atoms with E-state index < -0.39 is 0 Å². The molecule has 0 bridgehead atoms. The van der Waals surface area contributed by atoms with E-state index >= 15 is 0 Å². The second kappa shape index (κ2) is 4.86. The Morgan fingerprint density at radius 3 is 2.65 bits per heavy atom. The maximum Gasteiger partial charge on any atom is 0.377 e. The number of hydrogen-bond donors (Lipinski definition) is 0. The fourth-order valence-electron chi connectivity index (χ4n) is 1.57. The number of aromatic nitrogens is 3. The topological polar surface area (TPSA) is 49.0 Å². The lowest BCUT2D eigenvalue weighted by Gasteiger charge is -2.19. The lowest BCUT2D eigenvalue weighted by Crippen LogP contribution is -2.32. The van der Waals surface area contributed by atoms with Gasteiger partial charge in [-0.1, -0.05) is 30.3 Å². The summed E-state index contributed by atoms with van der Waals surface area (Å²) in [4.78, 5) is 13.1. The van der Waals surface area contributed by atoms with Crippen LogP contribution in [-0.2, 0) is 18.3 Å². The zero-order valence-corrected chi connectivity index (χ0v) is 9.96. The third kappa shape index (κ3) is 2.38. The Morgan fingerprint density at radius 2 is 2.06 bits per heavy atom. The van der Waals surface area contributed by atoms with Crippen LogP contribution in [0, 0.1) is 0 Å². The van der Waals surface area contributed by atoms with Crippen molar-refractivity contribution in [3.63, 3.8) is 0 Å². The molecular formula is C12H15N3O2. The van der Waals surface area contributed by atoms with Crippen molar-refractivity contribution < 1.29 is 9.53 Å². The molecule has 0 radical (unpaired) electrons. The van der Waals surface area contributed by atoms with Crippen molar-refractivity contribution in [1.29, 1.82) is 0 Å². The van der Waals surface area contributed by atoms with E-state index in [0.717, 1.165) is 5.56 Å². The quantitative estimate of drug-likeness (QED) is 0.751. The molecule has 90 valence electrons. The van der Waals surface area contributed by atoms with Crippen LogP contribution in [0.2, 0.25) is 0 Å². The summed E-state index contributed by atoms with van der Waals surface area (Å²) in [6, 6.07) is 9.96. The van der Waals surface area contributed by atoms with Crippen molar-refractivity contribution in [3.05, 3.63) is 41.7 Å². The predicted molar refractivity (Wildman–Crippen MR) is 62.7 cm³/mol. The van der Waals surface area contributed by atoms with Gasteiger partial charge in [-0.2, -0.15) is 4.80 Å². The number of carbonyl (C=O) groups is 1. The highest BCUT2D eigenvalue weighted by atomic mass is 16.5. The van der Waals surface area contributed by atoms with Crippen LogP contribution >= 0.6 is 0 Å². The molecule has 1 heterocycles. The summed E-state index contributed by atoms with van der Waals surface area (Å²) in [6.45, 7) is 2.80. The molecule has 1 aromatic heterocycles. The number of esters is 1. The van der Waals surface area contributed by atoms with Crippen molar-refractivity contribution in [2.75, 3.05) is 6.61 Å². The molecule has 0 unspecified atom stereocenters. The minimum atomic E-state index is -0.376.